The van der Waals surface area contributed by atoms with Crippen molar-refractivity contribution in [3.63, 3.8) is 0 Å². The van der Waals surface area contributed by atoms with Gasteiger partial charge in [0.2, 0.25) is 0 Å². The highest BCUT2D eigenvalue weighted by Crippen LogP contribution is 2.29. The Morgan fingerprint density at radius 2 is 2.20 bits per heavy atom. The maximum absolute atomic E-state index is 6.03. The molecule has 0 amide bonds. The van der Waals surface area contributed by atoms with Crippen LogP contribution in [-0.2, 0) is 6.42 Å². The van der Waals surface area contributed by atoms with Gasteiger partial charge in [0.05, 0.1) is 0 Å². The SMILES string of the molecule is CCC(N)Cc1cnc(N2CCC(C(C)C)C2)c(C)c1. The molecule has 0 aromatic carbocycles. The molecule has 0 bridgehead atoms. The molecule has 1 aliphatic rings. The van der Waals surface area contributed by atoms with E-state index in [1.807, 2.05) is 6.20 Å². The Kier molecular flexibility index (Phi) is 5.03. The second-order valence-corrected chi connectivity index (χ2v) is 6.60. The van der Waals surface area contributed by atoms with Crippen LogP contribution in [0.15, 0.2) is 12.3 Å². The normalized spacial score (nSPS) is 20.7. The van der Waals surface area contributed by atoms with Crippen LogP contribution in [0.1, 0.15) is 44.7 Å². The lowest BCUT2D eigenvalue weighted by molar-refractivity contribution is 0.422. The van der Waals surface area contributed by atoms with E-state index in [-0.39, 0.29) is 6.04 Å². The molecule has 3 heteroatoms. The molecule has 3 nitrogen and oxygen atoms in total. The van der Waals surface area contributed by atoms with Crippen molar-refractivity contribution in [3.8, 4) is 0 Å². The zero-order valence-corrected chi connectivity index (χ0v) is 13.4. The number of nitrogens with two attached hydrogens (primary N) is 1. The molecule has 112 valence electrons. The Morgan fingerprint density at radius 3 is 2.75 bits per heavy atom. The number of nitrogens with zero attached hydrogens (tertiary/aromatic N) is 2. The second-order valence-electron chi connectivity index (χ2n) is 6.60. The van der Waals surface area contributed by atoms with Crippen LogP contribution in [0.25, 0.3) is 0 Å². The first kappa shape index (κ1) is 15.3. The van der Waals surface area contributed by atoms with Crippen LogP contribution in [0.2, 0.25) is 0 Å². The number of anilines is 1. The van der Waals surface area contributed by atoms with Crippen molar-refractivity contribution in [1.29, 1.82) is 0 Å². The van der Waals surface area contributed by atoms with Gasteiger partial charge >= 0.3 is 0 Å². The number of pyridine rings is 1. The van der Waals surface area contributed by atoms with Crippen LogP contribution >= 0.6 is 0 Å². The molecule has 0 radical (unpaired) electrons. The summed E-state index contributed by atoms with van der Waals surface area (Å²) in [6.07, 6.45) is 5.25. The van der Waals surface area contributed by atoms with E-state index < -0.39 is 0 Å². The van der Waals surface area contributed by atoms with Crippen molar-refractivity contribution in [1.82, 2.24) is 4.98 Å². The van der Waals surface area contributed by atoms with E-state index in [2.05, 4.69) is 38.7 Å². The maximum atomic E-state index is 6.03. The van der Waals surface area contributed by atoms with Crippen molar-refractivity contribution in [2.45, 2.75) is 53.0 Å². The van der Waals surface area contributed by atoms with Crippen molar-refractivity contribution in [2.75, 3.05) is 18.0 Å². The molecule has 1 aliphatic heterocycles. The first-order chi connectivity index (χ1) is 9.51. The van der Waals surface area contributed by atoms with E-state index in [4.69, 9.17) is 10.7 Å². The summed E-state index contributed by atoms with van der Waals surface area (Å²) in [7, 11) is 0. The summed E-state index contributed by atoms with van der Waals surface area (Å²) in [6.45, 7) is 11.2. The molecular weight excluding hydrogens is 246 g/mol. The summed E-state index contributed by atoms with van der Waals surface area (Å²) < 4.78 is 0. The highest BCUT2D eigenvalue weighted by molar-refractivity contribution is 5.48. The third-order valence-electron chi connectivity index (χ3n) is 4.60. The van der Waals surface area contributed by atoms with Gasteiger partial charge in [0.15, 0.2) is 0 Å². The van der Waals surface area contributed by atoms with Crippen LogP contribution in [0.3, 0.4) is 0 Å². The first-order valence-corrected chi connectivity index (χ1v) is 7.97. The average Bonchev–Trinajstić information content (AvgIpc) is 2.88. The zero-order valence-electron chi connectivity index (χ0n) is 13.4. The van der Waals surface area contributed by atoms with E-state index in [9.17, 15) is 0 Å². The molecule has 1 aromatic heterocycles. The highest BCUT2D eigenvalue weighted by atomic mass is 15.2. The molecule has 2 rings (SSSR count). The van der Waals surface area contributed by atoms with Crippen molar-refractivity contribution >= 4 is 5.82 Å². The molecule has 0 aliphatic carbocycles. The second kappa shape index (κ2) is 6.57. The molecule has 2 atom stereocenters. The lowest BCUT2D eigenvalue weighted by Gasteiger charge is -2.21. The Labute approximate surface area is 123 Å². The van der Waals surface area contributed by atoms with Gasteiger partial charge in [0, 0.05) is 25.3 Å². The lowest BCUT2D eigenvalue weighted by Crippen LogP contribution is -2.24. The van der Waals surface area contributed by atoms with E-state index in [1.165, 1.54) is 23.4 Å². The van der Waals surface area contributed by atoms with E-state index in [0.717, 1.165) is 37.8 Å². The van der Waals surface area contributed by atoms with Crippen LogP contribution < -0.4 is 10.6 Å². The van der Waals surface area contributed by atoms with E-state index >= 15 is 0 Å². The average molecular weight is 275 g/mol. The maximum Gasteiger partial charge on any atom is 0.131 e. The van der Waals surface area contributed by atoms with Crippen molar-refractivity contribution in [2.24, 2.45) is 17.6 Å². The van der Waals surface area contributed by atoms with Gasteiger partial charge in [0.25, 0.3) is 0 Å². The first-order valence-electron chi connectivity index (χ1n) is 7.97. The Bertz CT molecular complexity index is 442. The monoisotopic (exact) mass is 275 g/mol. The van der Waals surface area contributed by atoms with Gasteiger partial charge in [0.1, 0.15) is 5.82 Å². The number of hydrogen-bond donors (Lipinski definition) is 1. The topological polar surface area (TPSA) is 42.1 Å². The largest absolute Gasteiger partial charge is 0.356 e. The molecule has 2 N–H and O–H groups in total. The minimum absolute atomic E-state index is 0.249. The Hall–Kier alpha value is -1.09. The fraction of sp³-hybridized carbons (Fsp3) is 0.706. The summed E-state index contributed by atoms with van der Waals surface area (Å²) in [5, 5.41) is 0. The standard InChI is InChI=1S/C17H29N3/c1-5-16(18)9-14-8-13(4)17(19-10-14)20-7-6-15(11-20)12(2)3/h8,10,12,15-16H,5-7,9,11,18H2,1-4H3. The number of rotatable bonds is 5. The Morgan fingerprint density at radius 1 is 1.45 bits per heavy atom. The number of aromatic nitrogens is 1. The minimum Gasteiger partial charge on any atom is -0.356 e. The summed E-state index contributed by atoms with van der Waals surface area (Å²) in [6, 6.07) is 2.51. The van der Waals surface area contributed by atoms with Gasteiger partial charge in [-0.05, 0) is 49.1 Å². The van der Waals surface area contributed by atoms with Gasteiger partial charge < -0.3 is 10.6 Å². The fourth-order valence-corrected chi connectivity index (χ4v) is 3.04. The molecule has 2 heterocycles. The molecule has 0 saturated carbocycles. The van der Waals surface area contributed by atoms with Gasteiger partial charge in [-0.25, -0.2) is 4.98 Å². The number of hydrogen-bond acceptors (Lipinski definition) is 3. The van der Waals surface area contributed by atoms with Gasteiger partial charge in [-0.3, -0.25) is 0 Å². The molecular formula is C17H29N3. The predicted octanol–water partition coefficient (Wildman–Crippen LogP) is 3.15. The number of aryl methyl sites for hydroxylation is 1. The quantitative estimate of drug-likeness (QED) is 0.897. The molecule has 20 heavy (non-hydrogen) atoms. The molecule has 1 aromatic rings. The third-order valence-corrected chi connectivity index (χ3v) is 4.60. The smallest absolute Gasteiger partial charge is 0.131 e. The van der Waals surface area contributed by atoms with Crippen LogP contribution in [0.4, 0.5) is 5.82 Å². The van der Waals surface area contributed by atoms with Gasteiger partial charge in [-0.15, -0.1) is 0 Å². The molecule has 0 spiro atoms. The summed E-state index contributed by atoms with van der Waals surface area (Å²) >= 11 is 0. The van der Waals surface area contributed by atoms with Gasteiger partial charge in [-0.2, -0.15) is 0 Å². The summed E-state index contributed by atoms with van der Waals surface area (Å²) in [5.41, 5.74) is 8.58. The van der Waals surface area contributed by atoms with E-state index in [0.29, 0.717) is 0 Å². The zero-order chi connectivity index (χ0) is 14.7. The van der Waals surface area contributed by atoms with Crippen LogP contribution in [0.5, 0.6) is 0 Å². The van der Waals surface area contributed by atoms with Crippen molar-refractivity contribution < 1.29 is 0 Å². The third kappa shape index (κ3) is 3.51. The molecule has 1 fully saturated rings. The summed E-state index contributed by atoms with van der Waals surface area (Å²) in [5.74, 6) is 2.74. The van der Waals surface area contributed by atoms with Crippen LogP contribution in [-0.4, -0.2) is 24.1 Å². The highest BCUT2D eigenvalue weighted by Gasteiger charge is 2.26. The van der Waals surface area contributed by atoms with Crippen molar-refractivity contribution in [3.05, 3.63) is 23.4 Å². The van der Waals surface area contributed by atoms with Gasteiger partial charge in [-0.1, -0.05) is 26.8 Å². The summed E-state index contributed by atoms with van der Waals surface area (Å²) in [4.78, 5) is 7.16. The minimum atomic E-state index is 0.249. The molecule has 1 saturated heterocycles. The van der Waals surface area contributed by atoms with Crippen LogP contribution in [0, 0.1) is 18.8 Å². The predicted molar refractivity (Wildman–Crippen MR) is 86.1 cm³/mol. The molecule has 2 unspecified atom stereocenters. The lowest BCUT2D eigenvalue weighted by atomic mass is 9.95. The fourth-order valence-electron chi connectivity index (χ4n) is 3.04. The Balaban J connectivity index is 2.07. The van der Waals surface area contributed by atoms with E-state index in [1.54, 1.807) is 0 Å².